The fourth-order valence-corrected chi connectivity index (χ4v) is 1.17. The van der Waals surface area contributed by atoms with Crippen LogP contribution in [0, 0.1) is 0 Å². The van der Waals surface area contributed by atoms with Crippen LogP contribution in [0.25, 0.3) is 0 Å². The van der Waals surface area contributed by atoms with Crippen molar-refractivity contribution < 1.29 is 0 Å². The summed E-state index contributed by atoms with van der Waals surface area (Å²) < 4.78 is 0. The van der Waals surface area contributed by atoms with Gasteiger partial charge in [-0.05, 0) is 11.4 Å². The minimum absolute atomic E-state index is 0.844. The zero-order valence-electron chi connectivity index (χ0n) is 5.13. The van der Waals surface area contributed by atoms with Crippen molar-refractivity contribution in [3.63, 3.8) is 0 Å². The Labute approximate surface area is 59.0 Å². The van der Waals surface area contributed by atoms with Crippen molar-refractivity contribution in [2.45, 2.75) is 0 Å². The van der Waals surface area contributed by atoms with E-state index in [1.165, 1.54) is 5.69 Å². The minimum atomic E-state index is 0.844. The first-order chi connectivity index (χ1) is 4.43. The Balaban J connectivity index is 2.38. The number of hydrogen-bond acceptors (Lipinski definition) is 2. The van der Waals surface area contributed by atoms with Crippen LogP contribution in [0.5, 0.6) is 0 Å². The van der Waals surface area contributed by atoms with Crippen molar-refractivity contribution >= 4 is 17.0 Å². The van der Waals surface area contributed by atoms with E-state index in [2.05, 4.69) is 17.3 Å². The Bertz CT molecular complexity index is 167. The molecule has 0 bridgehead atoms. The second kappa shape index (κ2) is 3.30. The highest BCUT2D eigenvalue weighted by molar-refractivity contribution is 7.08. The summed E-state index contributed by atoms with van der Waals surface area (Å²) in [5.74, 6) is 0. The summed E-state index contributed by atoms with van der Waals surface area (Å²) >= 11 is 1.69. The highest BCUT2D eigenvalue weighted by Gasteiger charge is 1.84. The van der Waals surface area contributed by atoms with E-state index >= 15 is 0 Å². The van der Waals surface area contributed by atoms with Crippen molar-refractivity contribution in [1.29, 1.82) is 0 Å². The van der Waals surface area contributed by atoms with Gasteiger partial charge >= 0.3 is 0 Å². The van der Waals surface area contributed by atoms with Gasteiger partial charge < -0.3 is 5.32 Å². The molecular weight excluding hydrogens is 130 g/mol. The summed E-state index contributed by atoms with van der Waals surface area (Å²) in [6, 6.07) is 2.05. The average Bonchev–Trinajstić information content (AvgIpc) is 2.34. The second-order valence-electron chi connectivity index (χ2n) is 1.68. The van der Waals surface area contributed by atoms with Gasteiger partial charge in [0.2, 0.25) is 0 Å². The molecule has 9 heavy (non-hydrogen) atoms. The van der Waals surface area contributed by atoms with Crippen LogP contribution in [-0.4, -0.2) is 6.54 Å². The standard InChI is InChI=1S/C7H9NS/c1-2-4-8-7-3-5-9-6-7/h2-3,5-6,8H,1,4H2. The molecule has 0 saturated heterocycles. The Hall–Kier alpha value is -0.760. The summed E-state index contributed by atoms with van der Waals surface area (Å²) in [6.45, 7) is 4.45. The quantitative estimate of drug-likeness (QED) is 0.634. The van der Waals surface area contributed by atoms with Crippen LogP contribution in [0.2, 0.25) is 0 Å². The highest BCUT2D eigenvalue weighted by Crippen LogP contribution is 2.10. The van der Waals surface area contributed by atoms with Gasteiger partial charge in [-0.15, -0.1) is 6.58 Å². The topological polar surface area (TPSA) is 12.0 Å². The molecular formula is C7H9NS. The van der Waals surface area contributed by atoms with E-state index < -0.39 is 0 Å². The molecule has 1 aromatic rings. The van der Waals surface area contributed by atoms with Crippen LogP contribution in [0.15, 0.2) is 29.5 Å². The van der Waals surface area contributed by atoms with Crippen molar-refractivity contribution in [1.82, 2.24) is 0 Å². The maximum absolute atomic E-state index is 3.60. The Morgan fingerprint density at radius 1 is 1.78 bits per heavy atom. The van der Waals surface area contributed by atoms with Gasteiger partial charge in [-0.3, -0.25) is 0 Å². The van der Waals surface area contributed by atoms with Crippen LogP contribution in [-0.2, 0) is 0 Å². The number of hydrogen-bond donors (Lipinski definition) is 1. The lowest BCUT2D eigenvalue weighted by Crippen LogP contribution is -1.94. The first kappa shape index (κ1) is 6.36. The largest absolute Gasteiger partial charge is 0.381 e. The maximum Gasteiger partial charge on any atom is 0.0451 e. The minimum Gasteiger partial charge on any atom is -0.381 e. The predicted octanol–water partition coefficient (Wildman–Crippen LogP) is 2.35. The first-order valence-electron chi connectivity index (χ1n) is 2.80. The van der Waals surface area contributed by atoms with Gasteiger partial charge in [-0.2, -0.15) is 11.3 Å². The van der Waals surface area contributed by atoms with Gasteiger partial charge in [0.15, 0.2) is 0 Å². The third kappa shape index (κ3) is 1.90. The zero-order chi connectivity index (χ0) is 6.53. The van der Waals surface area contributed by atoms with Crippen molar-refractivity contribution in [3.8, 4) is 0 Å². The van der Waals surface area contributed by atoms with E-state index in [1.54, 1.807) is 11.3 Å². The van der Waals surface area contributed by atoms with Crippen LogP contribution < -0.4 is 5.32 Å². The number of rotatable bonds is 3. The lowest BCUT2D eigenvalue weighted by molar-refractivity contribution is 1.36. The molecule has 0 saturated carbocycles. The predicted molar refractivity (Wildman–Crippen MR) is 43.0 cm³/mol. The summed E-state index contributed by atoms with van der Waals surface area (Å²) in [5, 5.41) is 7.29. The fourth-order valence-electron chi connectivity index (χ4n) is 0.555. The Kier molecular flexibility index (Phi) is 2.33. The molecule has 0 aliphatic heterocycles. The van der Waals surface area contributed by atoms with Crippen LogP contribution >= 0.6 is 11.3 Å². The molecule has 0 amide bonds. The number of thiophene rings is 1. The highest BCUT2D eigenvalue weighted by atomic mass is 32.1. The molecule has 1 rings (SSSR count). The third-order valence-corrected chi connectivity index (χ3v) is 1.65. The number of nitrogens with one attached hydrogen (secondary N) is 1. The molecule has 0 fully saturated rings. The van der Waals surface area contributed by atoms with Crippen molar-refractivity contribution in [3.05, 3.63) is 29.5 Å². The Morgan fingerprint density at radius 3 is 3.22 bits per heavy atom. The van der Waals surface area contributed by atoms with Gasteiger partial charge in [0, 0.05) is 17.6 Å². The van der Waals surface area contributed by atoms with E-state index in [9.17, 15) is 0 Å². The Morgan fingerprint density at radius 2 is 2.67 bits per heavy atom. The molecule has 0 radical (unpaired) electrons. The molecule has 2 heteroatoms. The molecule has 0 unspecified atom stereocenters. The van der Waals surface area contributed by atoms with Gasteiger partial charge in [0.1, 0.15) is 0 Å². The molecule has 0 aromatic carbocycles. The molecule has 1 N–H and O–H groups in total. The molecule has 0 aliphatic carbocycles. The molecule has 48 valence electrons. The lowest BCUT2D eigenvalue weighted by Gasteiger charge is -1.95. The summed E-state index contributed by atoms with van der Waals surface area (Å²) in [6.07, 6.45) is 1.84. The summed E-state index contributed by atoms with van der Waals surface area (Å²) in [5.41, 5.74) is 1.18. The average molecular weight is 139 g/mol. The van der Waals surface area contributed by atoms with E-state index in [-0.39, 0.29) is 0 Å². The molecule has 0 spiro atoms. The van der Waals surface area contributed by atoms with Crippen LogP contribution in [0.3, 0.4) is 0 Å². The summed E-state index contributed by atoms with van der Waals surface area (Å²) in [4.78, 5) is 0. The van der Waals surface area contributed by atoms with Gasteiger partial charge in [0.25, 0.3) is 0 Å². The molecule has 0 atom stereocenters. The van der Waals surface area contributed by atoms with Gasteiger partial charge in [-0.1, -0.05) is 6.08 Å². The van der Waals surface area contributed by atoms with Crippen molar-refractivity contribution in [2.24, 2.45) is 0 Å². The van der Waals surface area contributed by atoms with E-state index in [4.69, 9.17) is 0 Å². The normalized spacial score (nSPS) is 8.89. The third-order valence-electron chi connectivity index (χ3n) is 0.972. The van der Waals surface area contributed by atoms with Crippen LogP contribution in [0.4, 0.5) is 5.69 Å². The molecule has 1 nitrogen and oxygen atoms in total. The molecule has 1 heterocycles. The van der Waals surface area contributed by atoms with Crippen molar-refractivity contribution in [2.75, 3.05) is 11.9 Å². The molecule has 0 aliphatic rings. The van der Waals surface area contributed by atoms with E-state index in [1.807, 2.05) is 17.5 Å². The molecule has 1 aromatic heterocycles. The smallest absolute Gasteiger partial charge is 0.0451 e. The second-order valence-corrected chi connectivity index (χ2v) is 2.46. The monoisotopic (exact) mass is 139 g/mol. The van der Waals surface area contributed by atoms with E-state index in [0.29, 0.717) is 0 Å². The lowest BCUT2D eigenvalue weighted by atomic mass is 10.5. The van der Waals surface area contributed by atoms with Gasteiger partial charge in [0.05, 0.1) is 0 Å². The zero-order valence-corrected chi connectivity index (χ0v) is 5.95. The van der Waals surface area contributed by atoms with Gasteiger partial charge in [-0.25, -0.2) is 0 Å². The van der Waals surface area contributed by atoms with E-state index in [0.717, 1.165) is 6.54 Å². The fraction of sp³-hybridized carbons (Fsp3) is 0.143. The first-order valence-corrected chi connectivity index (χ1v) is 3.74. The maximum atomic E-state index is 3.60. The van der Waals surface area contributed by atoms with Crippen LogP contribution in [0.1, 0.15) is 0 Å². The number of anilines is 1. The SMILES string of the molecule is C=CCNc1ccsc1. The summed E-state index contributed by atoms with van der Waals surface area (Å²) in [7, 11) is 0.